The molecule has 2 aliphatic rings. The van der Waals surface area contributed by atoms with Gasteiger partial charge in [0, 0.05) is 13.1 Å². The Bertz CT molecular complexity index is 555. The number of likely N-dealkylation sites (tertiary alicyclic amines) is 1. The average molecular weight is 304 g/mol. The topological polar surface area (TPSA) is 67.9 Å². The minimum absolute atomic E-state index is 0.257. The zero-order valence-electron chi connectivity index (χ0n) is 12.4. The van der Waals surface area contributed by atoms with E-state index in [1.165, 1.54) is 0 Å². The Morgan fingerprint density at radius 3 is 2.64 bits per heavy atom. The lowest BCUT2D eigenvalue weighted by Gasteiger charge is -2.28. The molecule has 2 amide bonds. The molecule has 0 aromatic heterocycles. The smallest absolute Gasteiger partial charge is 0.311 e. The Balaban J connectivity index is 1.48. The zero-order chi connectivity index (χ0) is 15.4. The standard InChI is InChI=1S/C16H20N2O4/c19-15(16(20)18-8-4-1-5-9-18)17-10-12-11-21-13-6-2-3-7-14(13)22-12/h2-3,6-7,12H,1,4-5,8-11H2,(H,17,19)/t12-/m1/s1. The van der Waals surface area contributed by atoms with Gasteiger partial charge >= 0.3 is 11.8 Å². The monoisotopic (exact) mass is 304 g/mol. The summed E-state index contributed by atoms with van der Waals surface area (Å²) in [4.78, 5) is 25.6. The SMILES string of the molecule is O=C(NC[C@@H]1COc2ccccc2O1)C(=O)N1CCCCC1. The minimum atomic E-state index is -0.565. The summed E-state index contributed by atoms with van der Waals surface area (Å²) in [5.74, 6) is 0.353. The van der Waals surface area contributed by atoms with Gasteiger partial charge in [0.05, 0.1) is 6.54 Å². The highest BCUT2D eigenvalue weighted by molar-refractivity contribution is 6.35. The maximum Gasteiger partial charge on any atom is 0.311 e. The second-order valence-electron chi connectivity index (χ2n) is 5.56. The third kappa shape index (κ3) is 3.32. The molecule has 6 nitrogen and oxygen atoms in total. The van der Waals surface area contributed by atoms with Crippen LogP contribution in [0.15, 0.2) is 24.3 Å². The van der Waals surface area contributed by atoms with Crippen molar-refractivity contribution >= 4 is 11.8 Å². The van der Waals surface area contributed by atoms with Crippen LogP contribution in [0.3, 0.4) is 0 Å². The molecule has 1 aromatic carbocycles. The molecule has 1 fully saturated rings. The van der Waals surface area contributed by atoms with Gasteiger partial charge in [-0.2, -0.15) is 0 Å². The third-order valence-corrected chi connectivity index (χ3v) is 3.90. The molecule has 1 aromatic rings. The maximum absolute atomic E-state index is 12.0. The summed E-state index contributed by atoms with van der Waals surface area (Å²) >= 11 is 0. The minimum Gasteiger partial charge on any atom is -0.486 e. The van der Waals surface area contributed by atoms with E-state index in [2.05, 4.69) is 5.32 Å². The number of benzene rings is 1. The Hall–Kier alpha value is -2.24. The molecule has 0 radical (unpaired) electrons. The lowest BCUT2D eigenvalue weighted by molar-refractivity contribution is -0.146. The fraction of sp³-hybridized carbons (Fsp3) is 0.500. The Labute approximate surface area is 129 Å². The molecule has 3 rings (SSSR count). The van der Waals surface area contributed by atoms with Crippen molar-refractivity contribution in [3.8, 4) is 11.5 Å². The number of hydrogen-bond acceptors (Lipinski definition) is 4. The van der Waals surface area contributed by atoms with E-state index in [1.807, 2.05) is 24.3 Å². The van der Waals surface area contributed by atoms with E-state index >= 15 is 0 Å². The fourth-order valence-corrected chi connectivity index (χ4v) is 2.69. The number of ether oxygens (including phenoxy) is 2. The lowest BCUT2D eigenvalue weighted by Crippen LogP contribution is -2.48. The predicted octanol–water partition coefficient (Wildman–Crippen LogP) is 0.955. The number of hydrogen-bond donors (Lipinski definition) is 1. The van der Waals surface area contributed by atoms with Crippen LogP contribution in [0.25, 0.3) is 0 Å². The van der Waals surface area contributed by atoms with Crippen molar-refractivity contribution in [2.24, 2.45) is 0 Å². The van der Waals surface area contributed by atoms with Gasteiger partial charge in [-0.3, -0.25) is 9.59 Å². The molecule has 1 saturated heterocycles. The van der Waals surface area contributed by atoms with Gasteiger partial charge in [-0.25, -0.2) is 0 Å². The first-order valence-corrected chi connectivity index (χ1v) is 7.69. The van der Waals surface area contributed by atoms with E-state index in [-0.39, 0.29) is 12.6 Å². The molecular weight excluding hydrogens is 284 g/mol. The Kier molecular flexibility index (Phi) is 4.46. The van der Waals surface area contributed by atoms with Crippen molar-refractivity contribution < 1.29 is 19.1 Å². The number of nitrogens with one attached hydrogen (secondary N) is 1. The van der Waals surface area contributed by atoms with Gasteiger partial charge in [-0.15, -0.1) is 0 Å². The molecule has 22 heavy (non-hydrogen) atoms. The molecule has 0 unspecified atom stereocenters. The number of carbonyl (C=O) groups excluding carboxylic acids is 2. The van der Waals surface area contributed by atoms with Gasteiger partial charge in [0.2, 0.25) is 0 Å². The summed E-state index contributed by atoms with van der Waals surface area (Å²) in [5, 5.41) is 2.65. The number of para-hydroxylation sites is 2. The van der Waals surface area contributed by atoms with Crippen LogP contribution >= 0.6 is 0 Å². The van der Waals surface area contributed by atoms with E-state index < -0.39 is 11.8 Å². The van der Waals surface area contributed by atoms with E-state index in [1.54, 1.807) is 4.90 Å². The average Bonchev–Trinajstić information content (AvgIpc) is 2.59. The Morgan fingerprint density at radius 1 is 1.14 bits per heavy atom. The second kappa shape index (κ2) is 6.68. The van der Waals surface area contributed by atoms with E-state index in [0.29, 0.717) is 31.2 Å². The van der Waals surface area contributed by atoms with Crippen LogP contribution in [-0.2, 0) is 9.59 Å². The molecule has 0 saturated carbocycles. The molecule has 2 aliphatic heterocycles. The molecular formula is C16H20N2O4. The second-order valence-corrected chi connectivity index (χ2v) is 5.56. The summed E-state index contributed by atoms with van der Waals surface area (Å²) in [6.07, 6.45) is 2.77. The molecule has 6 heteroatoms. The first kappa shape index (κ1) is 14.7. The highest BCUT2D eigenvalue weighted by Crippen LogP contribution is 2.30. The van der Waals surface area contributed by atoms with Crippen LogP contribution in [0.2, 0.25) is 0 Å². The first-order chi connectivity index (χ1) is 10.7. The van der Waals surface area contributed by atoms with Gasteiger partial charge in [0.1, 0.15) is 12.7 Å². The molecule has 2 heterocycles. The Morgan fingerprint density at radius 2 is 1.86 bits per heavy atom. The van der Waals surface area contributed by atoms with Crippen LogP contribution in [0, 0.1) is 0 Å². The van der Waals surface area contributed by atoms with Crippen LogP contribution in [0.4, 0.5) is 0 Å². The van der Waals surface area contributed by atoms with Crippen LogP contribution < -0.4 is 14.8 Å². The van der Waals surface area contributed by atoms with Crippen LogP contribution in [0.1, 0.15) is 19.3 Å². The van der Waals surface area contributed by atoms with Crippen molar-refractivity contribution in [2.45, 2.75) is 25.4 Å². The lowest BCUT2D eigenvalue weighted by atomic mass is 10.1. The molecule has 0 aliphatic carbocycles. The number of rotatable bonds is 2. The van der Waals surface area contributed by atoms with Gasteiger partial charge in [-0.1, -0.05) is 12.1 Å². The highest BCUT2D eigenvalue weighted by atomic mass is 16.6. The molecule has 0 spiro atoms. The molecule has 1 N–H and O–H groups in total. The van der Waals surface area contributed by atoms with E-state index in [0.717, 1.165) is 19.3 Å². The first-order valence-electron chi connectivity index (χ1n) is 7.69. The molecule has 118 valence electrons. The fourth-order valence-electron chi connectivity index (χ4n) is 2.69. The predicted molar refractivity (Wildman–Crippen MR) is 79.8 cm³/mol. The number of fused-ring (bicyclic) bond motifs is 1. The van der Waals surface area contributed by atoms with E-state index in [9.17, 15) is 9.59 Å². The maximum atomic E-state index is 12.0. The summed E-state index contributed by atoms with van der Waals surface area (Å²) in [6.45, 7) is 1.95. The van der Waals surface area contributed by atoms with E-state index in [4.69, 9.17) is 9.47 Å². The van der Waals surface area contributed by atoms with Gasteiger partial charge in [-0.05, 0) is 31.4 Å². The highest BCUT2D eigenvalue weighted by Gasteiger charge is 2.26. The van der Waals surface area contributed by atoms with Crippen molar-refractivity contribution in [1.29, 1.82) is 0 Å². The third-order valence-electron chi connectivity index (χ3n) is 3.90. The number of nitrogens with zero attached hydrogens (tertiary/aromatic N) is 1. The number of piperidine rings is 1. The van der Waals surface area contributed by atoms with Crippen molar-refractivity contribution in [3.63, 3.8) is 0 Å². The zero-order valence-corrected chi connectivity index (χ0v) is 12.4. The summed E-state index contributed by atoms with van der Waals surface area (Å²) in [6, 6.07) is 7.40. The van der Waals surface area contributed by atoms with Crippen molar-refractivity contribution in [3.05, 3.63) is 24.3 Å². The van der Waals surface area contributed by atoms with Crippen LogP contribution in [-0.4, -0.2) is 49.1 Å². The molecule has 1 atom stereocenters. The van der Waals surface area contributed by atoms with Crippen LogP contribution in [0.5, 0.6) is 11.5 Å². The van der Waals surface area contributed by atoms with Gasteiger partial charge < -0.3 is 19.7 Å². The van der Waals surface area contributed by atoms with Gasteiger partial charge in [0.15, 0.2) is 11.5 Å². The summed E-state index contributed by atoms with van der Waals surface area (Å²) in [5.41, 5.74) is 0. The summed E-state index contributed by atoms with van der Waals surface area (Å²) < 4.78 is 11.3. The number of carbonyl (C=O) groups is 2. The number of amides is 2. The van der Waals surface area contributed by atoms with Crippen molar-refractivity contribution in [1.82, 2.24) is 10.2 Å². The largest absolute Gasteiger partial charge is 0.486 e. The quantitative estimate of drug-likeness (QED) is 0.826. The summed E-state index contributed by atoms with van der Waals surface area (Å²) in [7, 11) is 0. The molecule has 0 bridgehead atoms. The van der Waals surface area contributed by atoms with Gasteiger partial charge in [0.25, 0.3) is 0 Å². The van der Waals surface area contributed by atoms with Crippen molar-refractivity contribution in [2.75, 3.05) is 26.2 Å². The normalized spacial score (nSPS) is 20.4.